The Bertz CT molecular complexity index is 1170. The summed E-state index contributed by atoms with van der Waals surface area (Å²) in [5, 5.41) is 16.8. The molecule has 0 saturated carbocycles. The average molecular weight is 574 g/mol. The molecule has 41 heavy (non-hydrogen) atoms. The molecule has 1 aliphatic heterocycles. The van der Waals surface area contributed by atoms with Crippen molar-refractivity contribution in [2.24, 2.45) is 17.6 Å². The number of carbonyl (C=O) groups is 4. The number of carbonyl (C=O) groups excluding carboxylic acids is 4. The van der Waals surface area contributed by atoms with Crippen LogP contribution in [0, 0.1) is 11.8 Å². The van der Waals surface area contributed by atoms with Gasteiger partial charge in [0.1, 0.15) is 6.10 Å². The van der Waals surface area contributed by atoms with Gasteiger partial charge < -0.3 is 35.7 Å². The zero-order valence-electron chi connectivity index (χ0n) is 24.9. The lowest BCUT2D eigenvalue weighted by Crippen LogP contribution is -2.37. The number of amides is 2. The third-order valence-electron chi connectivity index (χ3n) is 7.15. The molecular weight excluding hydrogens is 530 g/mol. The van der Waals surface area contributed by atoms with Gasteiger partial charge in [0, 0.05) is 43.9 Å². The number of hydrogen-bond acceptors (Lipinski definition) is 9. The first kappa shape index (κ1) is 33.7. The second-order valence-corrected chi connectivity index (χ2v) is 10.5. The number of fused-ring (bicyclic) bond motifs is 2. The van der Waals surface area contributed by atoms with Crippen molar-refractivity contribution >= 4 is 23.6 Å². The molecule has 0 aromatic carbocycles. The summed E-state index contributed by atoms with van der Waals surface area (Å²) in [6.07, 6.45) is 3.91. The normalized spacial score (nSPS) is 32.2. The van der Waals surface area contributed by atoms with E-state index in [0.717, 1.165) is 6.08 Å². The molecule has 0 aromatic rings. The fourth-order valence-corrected chi connectivity index (χ4v) is 4.96. The first-order valence-corrected chi connectivity index (χ1v) is 13.7. The van der Waals surface area contributed by atoms with Gasteiger partial charge in [-0.15, -0.1) is 0 Å². The Morgan fingerprint density at radius 1 is 1.17 bits per heavy atom. The maximum atomic E-state index is 13.5. The number of ketones is 2. The van der Waals surface area contributed by atoms with Crippen molar-refractivity contribution in [3.8, 4) is 0 Å². The van der Waals surface area contributed by atoms with Gasteiger partial charge in [-0.1, -0.05) is 38.2 Å². The standard InChI is InChI=1S/C30H43N3O8/c1-8-32-25-20-12-16(2)13-24(40-7)26(35)18(4)14-19(5)28(41-30(31)38)23(39-6)11-9-10-17(3)29(37)33-21(27(20)36)15-22(25)34/h9-11,14-16,18,23-24,26,28,32,35H,8,12-13H2,1-7H3,(H2,31,38)(H,33,37)/b11-9-,17-10+,19-14+/t16-,18+,23+,24+,26+,28+/m1/s1. The van der Waals surface area contributed by atoms with Crippen molar-refractivity contribution in [3.63, 3.8) is 0 Å². The molecule has 2 amide bonds. The van der Waals surface area contributed by atoms with Gasteiger partial charge in [0.25, 0.3) is 5.91 Å². The van der Waals surface area contributed by atoms with Crippen LogP contribution < -0.4 is 16.4 Å². The average Bonchev–Trinajstić information content (AvgIpc) is 2.92. The van der Waals surface area contributed by atoms with E-state index in [1.54, 1.807) is 32.1 Å². The van der Waals surface area contributed by atoms with E-state index in [0.29, 0.717) is 18.5 Å². The molecule has 1 heterocycles. The van der Waals surface area contributed by atoms with Crippen LogP contribution in [0.3, 0.4) is 0 Å². The first-order valence-electron chi connectivity index (χ1n) is 13.7. The molecule has 2 rings (SSSR count). The van der Waals surface area contributed by atoms with E-state index in [9.17, 15) is 24.3 Å². The van der Waals surface area contributed by atoms with Crippen molar-refractivity contribution in [2.75, 3.05) is 20.8 Å². The Labute approximate surface area is 241 Å². The van der Waals surface area contributed by atoms with Gasteiger partial charge in [0.05, 0.1) is 23.6 Å². The van der Waals surface area contributed by atoms with Crippen LogP contribution in [-0.2, 0) is 28.6 Å². The number of aliphatic hydroxyl groups excluding tert-OH is 1. The number of primary amides is 1. The lowest BCUT2D eigenvalue weighted by molar-refractivity contribution is -0.120. The maximum absolute atomic E-state index is 13.5. The van der Waals surface area contributed by atoms with E-state index in [4.69, 9.17) is 19.9 Å². The van der Waals surface area contributed by atoms with Crippen LogP contribution in [0.5, 0.6) is 0 Å². The van der Waals surface area contributed by atoms with Crippen molar-refractivity contribution in [1.29, 1.82) is 0 Å². The maximum Gasteiger partial charge on any atom is 0.405 e. The fourth-order valence-electron chi connectivity index (χ4n) is 4.96. The Kier molecular flexibility index (Phi) is 12.7. The zero-order valence-corrected chi connectivity index (χ0v) is 24.9. The first-order chi connectivity index (χ1) is 19.3. The van der Waals surface area contributed by atoms with E-state index in [1.165, 1.54) is 20.3 Å². The Morgan fingerprint density at radius 3 is 2.44 bits per heavy atom. The van der Waals surface area contributed by atoms with Gasteiger partial charge in [-0.3, -0.25) is 14.4 Å². The van der Waals surface area contributed by atoms with E-state index in [1.807, 2.05) is 20.8 Å². The third kappa shape index (κ3) is 8.97. The van der Waals surface area contributed by atoms with E-state index in [-0.39, 0.29) is 34.9 Å². The highest BCUT2D eigenvalue weighted by Crippen LogP contribution is 2.28. The number of nitrogens with two attached hydrogens (primary N) is 1. The minimum atomic E-state index is -0.996. The molecule has 2 aliphatic rings. The summed E-state index contributed by atoms with van der Waals surface area (Å²) in [5.41, 5.74) is 6.55. The lowest BCUT2D eigenvalue weighted by atomic mass is 9.85. The summed E-state index contributed by atoms with van der Waals surface area (Å²) in [7, 11) is 2.93. The molecule has 0 unspecified atom stereocenters. The van der Waals surface area contributed by atoms with Crippen molar-refractivity contribution < 1.29 is 38.5 Å². The predicted octanol–water partition coefficient (Wildman–Crippen LogP) is 2.37. The van der Waals surface area contributed by atoms with E-state index < -0.39 is 53.9 Å². The highest BCUT2D eigenvalue weighted by molar-refractivity contribution is 6.23. The fraction of sp³-hybridized carbons (Fsp3) is 0.533. The molecule has 0 fully saturated rings. The lowest BCUT2D eigenvalue weighted by Gasteiger charge is -2.30. The van der Waals surface area contributed by atoms with Gasteiger partial charge in [-0.2, -0.15) is 0 Å². The number of likely N-dealkylation sites (N-methyl/N-ethyl adjacent to an activating group) is 1. The topological polar surface area (TPSA) is 166 Å². The second kappa shape index (κ2) is 15.5. The molecule has 1 aliphatic carbocycles. The second-order valence-electron chi connectivity index (χ2n) is 10.5. The molecule has 11 heteroatoms. The van der Waals surface area contributed by atoms with Gasteiger partial charge in [0.15, 0.2) is 6.10 Å². The number of nitrogens with one attached hydrogen (secondary N) is 2. The largest absolute Gasteiger partial charge is 0.439 e. The molecule has 6 atom stereocenters. The van der Waals surface area contributed by atoms with Gasteiger partial charge in [-0.25, -0.2) is 4.79 Å². The van der Waals surface area contributed by atoms with Crippen molar-refractivity contribution in [2.45, 2.75) is 71.9 Å². The molecule has 0 radical (unpaired) electrons. The molecule has 0 aromatic heterocycles. The molecular formula is C30H43N3O8. The summed E-state index contributed by atoms with van der Waals surface area (Å²) < 4.78 is 16.5. The molecule has 0 spiro atoms. The van der Waals surface area contributed by atoms with Crippen LogP contribution in [0.4, 0.5) is 4.79 Å². The highest BCUT2D eigenvalue weighted by atomic mass is 16.6. The van der Waals surface area contributed by atoms with E-state index in [2.05, 4.69) is 10.6 Å². The Hall–Kier alpha value is -3.54. The van der Waals surface area contributed by atoms with Crippen molar-refractivity contribution in [1.82, 2.24) is 10.6 Å². The monoisotopic (exact) mass is 573 g/mol. The smallest absolute Gasteiger partial charge is 0.405 e. The predicted molar refractivity (Wildman–Crippen MR) is 153 cm³/mol. The summed E-state index contributed by atoms with van der Waals surface area (Å²) in [6.45, 7) is 9.25. The number of ether oxygens (including phenoxy) is 3. The Morgan fingerprint density at radius 2 is 1.85 bits per heavy atom. The number of methoxy groups -OCH3 is 2. The van der Waals surface area contributed by atoms with Crippen LogP contribution in [-0.4, -0.2) is 73.9 Å². The van der Waals surface area contributed by atoms with Crippen LogP contribution in [0.2, 0.25) is 0 Å². The number of allylic oxidation sites excluding steroid dienone is 4. The van der Waals surface area contributed by atoms with Crippen LogP contribution in [0.25, 0.3) is 0 Å². The van der Waals surface area contributed by atoms with Gasteiger partial charge >= 0.3 is 6.09 Å². The highest BCUT2D eigenvalue weighted by Gasteiger charge is 2.33. The number of hydrogen-bond donors (Lipinski definition) is 4. The van der Waals surface area contributed by atoms with Crippen LogP contribution >= 0.6 is 0 Å². The Balaban J connectivity index is 2.61. The quantitative estimate of drug-likeness (QED) is 0.285. The zero-order chi connectivity index (χ0) is 30.9. The molecule has 226 valence electrons. The van der Waals surface area contributed by atoms with Gasteiger partial charge in [0.2, 0.25) is 11.6 Å². The SMILES string of the molecule is CCNC1=C2C[C@@H](C)C[C@H](OC)[C@@H](O)[C@@H](C)/C=C(\C)[C@H](OC(N)=O)[C@@H](OC)/C=C\C=C(/C)C(=O)NC(=CC1=O)C2=O. The molecule has 5 N–H and O–H groups in total. The van der Waals surface area contributed by atoms with Crippen LogP contribution in [0.1, 0.15) is 47.5 Å². The third-order valence-corrected chi connectivity index (χ3v) is 7.15. The minimum absolute atomic E-state index is 0.111. The molecule has 0 saturated heterocycles. The molecule has 2 bridgehead atoms. The summed E-state index contributed by atoms with van der Waals surface area (Å²) >= 11 is 0. The summed E-state index contributed by atoms with van der Waals surface area (Å²) in [6, 6.07) is 0. The number of rotatable bonds is 5. The van der Waals surface area contributed by atoms with Crippen LogP contribution in [0.15, 0.2) is 58.5 Å². The minimum Gasteiger partial charge on any atom is -0.439 e. The number of aliphatic hydroxyl groups is 1. The van der Waals surface area contributed by atoms with E-state index >= 15 is 0 Å². The molecule has 11 nitrogen and oxygen atoms in total. The summed E-state index contributed by atoms with van der Waals surface area (Å²) in [5.74, 6) is -2.03. The number of Topliss-reactive ketones (excluding diaryl/α,β-unsaturated/α-hetero) is 1. The summed E-state index contributed by atoms with van der Waals surface area (Å²) in [4.78, 5) is 51.1. The van der Waals surface area contributed by atoms with Crippen molar-refractivity contribution in [3.05, 3.63) is 58.5 Å². The van der Waals surface area contributed by atoms with Gasteiger partial charge in [-0.05, 0) is 45.1 Å².